The minimum absolute atomic E-state index is 0.0590. The lowest BCUT2D eigenvalue weighted by Crippen LogP contribution is -2.61. The van der Waals surface area contributed by atoms with Crippen molar-refractivity contribution in [1.29, 1.82) is 0 Å². The molecule has 0 aromatic heterocycles. The smallest absolute Gasteiger partial charge is 0.243 e. The highest BCUT2D eigenvalue weighted by Gasteiger charge is 2.46. The first-order valence-electron chi connectivity index (χ1n) is 8.91. The summed E-state index contributed by atoms with van der Waals surface area (Å²) in [6, 6.07) is 0. The molecule has 6 nitrogen and oxygen atoms in total. The Morgan fingerprint density at radius 3 is 2.75 bits per heavy atom. The van der Waals surface area contributed by atoms with Gasteiger partial charge in [-0.3, -0.25) is 14.4 Å². The average Bonchev–Trinajstić information content (AvgIpc) is 2.95. The molecule has 0 bridgehead atoms. The Morgan fingerprint density at radius 2 is 2.25 bits per heavy atom. The predicted octanol–water partition coefficient (Wildman–Crippen LogP) is 1.65. The van der Waals surface area contributed by atoms with Crippen LogP contribution in [0, 0.1) is 11.8 Å². The maximum Gasteiger partial charge on any atom is 0.243 e. The SMILES string of the molecule is CC=CCCCCC(CC)C(C[C@@H]1CCNC1=O)(NC=O)C(N)=O. The number of allylic oxidation sites excluding steroid dienone is 2. The molecule has 0 saturated carbocycles. The molecule has 0 spiro atoms. The topological polar surface area (TPSA) is 101 Å². The molecule has 0 aromatic carbocycles. The van der Waals surface area contributed by atoms with Crippen LogP contribution in [0.1, 0.15) is 58.8 Å². The standard InChI is InChI=1S/C18H31N3O3/c1-3-5-6-7-8-9-15(4-2)18(17(19)24,21-13-22)12-14-10-11-20-16(14)23/h3,5,13-15H,4,6-12H2,1-2H3,(H2,19,24)(H,20,23)(H,21,22)/t14-,15?,18?/m0/s1. The number of carbonyl (C=O) groups excluding carboxylic acids is 3. The van der Waals surface area contributed by atoms with E-state index in [4.69, 9.17) is 5.73 Å². The van der Waals surface area contributed by atoms with E-state index >= 15 is 0 Å². The predicted molar refractivity (Wildman–Crippen MR) is 93.9 cm³/mol. The van der Waals surface area contributed by atoms with E-state index in [1.807, 2.05) is 19.9 Å². The van der Waals surface area contributed by atoms with Crippen molar-refractivity contribution in [3.05, 3.63) is 12.2 Å². The number of unbranched alkanes of at least 4 members (excludes halogenated alkanes) is 2. The van der Waals surface area contributed by atoms with Crippen LogP contribution in [0.4, 0.5) is 0 Å². The number of hydrogen-bond acceptors (Lipinski definition) is 3. The van der Waals surface area contributed by atoms with Gasteiger partial charge in [-0.15, -0.1) is 0 Å². The molecule has 0 aromatic rings. The summed E-state index contributed by atoms with van der Waals surface area (Å²) in [5.74, 6) is -0.952. The summed E-state index contributed by atoms with van der Waals surface area (Å²) < 4.78 is 0. The van der Waals surface area contributed by atoms with Crippen LogP contribution in [-0.2, 0) is 14.4 Å². The Labute approximate surface area is 144 Å². The summed E-state index contributed by atoms with van der Waals surface area (Å²) in [6.45, 7) is 4.60. The second-order valence-corrected chi connectivity index (χ2v) is 6.54. The van der Waals surface area contributed by atoms with Crippen molar-refractivity contribution in [1.82, 2.24) is 10.6 Å². The Hall–Kier alpha value is -1.85. The number of hydrogen-bond donors (Lipinski definition) is 3. The number of amides is 3. The molecule has 1 aliphatic heterocycles. The molecule has 1 aliphatic rings. The van der Waals surface area contributed by atoms with Crippen LogP contribution >= 0.6 is 0 Å². The molecular weight excluding hydrogens is 306 g/mol. The number of carbonyl (C=O) groups is 3. The number of rotatable bonds is 12. The fourth-order valence-corrected chi connectivity index (χ4v) is 3.67. The van der Waals surface area contributed by atoms with Gasteiger partial charge in [-0.05, 0) is 44.9 Å². The van der Waals surface area contributed by atoms with Gasteiger partial charge < -0.3 is 16.4 Å². The molecule has 3 amide bonds. The summed E-state index contributed by atoms with van der Waals surface area (Å²) in [4.78, 5) is 35.4. The van der Waals surface area contributed by atoms with Gasteiger partial charge in [0, 0.05) is 12.5 Å². The normalized spacial score (nSPS) is 21.2. The third-order valence-electron chi connectivity index (χ3n) is 5.09. The third-order valence-corrected chi connectivity index (χ3v) is 5.09. The zero-order valence-electron chi connectivity index (χ0n) is 14.8. The van der Waals surface area contributed by atoms with Gasteiger partial charge in [-0.2, -0.15) is 0 Å². The lowest BCUT2D eigenvalue weighted by molar-refractivity contribution is -0.133. The summed E-state index contributed by atoms with van der Waals surface area (Å²) >= 11 is 0. The zero-order chi connectivity index (χ0) is 18.0. The van der Waals surface area contributed by atoms with Crippen LogP contribution in [0.15, 0.2) is 12.2 Å². The highest BCUT2D eigenvalue weighted by molar-refractivity contribution is 5.89. The van der Waals surface area contributed by atoms with Crippen molar-refractivity contribution in [3.63, 3.8) is 0 Å². The Morgan fingerprint density at radius 1 is 1.50 bits per heavy atom. The molecule has 1 rings (SSSR count). The summed E-state index contributed by atoms with van der Waals surface area (Å²) in [5.41, 5.74) is 4.56. The van der Waals surface area contributed by atoms with Gasteiger partial charge in [0.2, 0.25) is 18.2 Å². The number of nitrogens with two attached hydrogens (primary N) is 1. The molecule has 1 saturated heterocycles. The van der Waals surface area contributed by atoms with E-state index in [1.165, 1.54) is 0 Å². The lowest BCUT2D eigenvalue weighted by atomic mass is 9.72. The molecule has 1 heterocycles. The van der Waals surface area contributed by atoms with E-state index in [-0.39, 0.29) is 24.2 Å². The van der Waals surface area contributed by atoms with Crippen molar-refractivity contribution in [2.75, 3.05) is 6.54 Å². The molecule has 6 heteroatoms. The van der Waals surface area contributed by atoms with Crippen LogP contribution in [0.5, 0.6) is 0 Å². The number of nitrogens with one attached hydrogen (secondary N) is 2. The van der Waals surface area contributed by atoms with E-state index in [0.717, 1.165) is 32.1 Å². The molecule has 4 N–H and O–H groups in total. The first kappa shape index (κ1) is 20.2. The van der Waals surface area contributed by atoms with Crippen molar-refractivity contribution in [3.8, 4) is 0 Å². The highest BCUT2D eigenvalue weighted by Crippen LogP contribution is 2.34. The molecule has 136 valence electrons. The van der Waals surface area contributed by atoms with Crippen LogP contribution in [0.3, 0.4) is 0 Å². The summed E-state index contributed by atoms with van der Waals surface area (Å²) in [6.07, 6.45) is 10.1. The Balaban J connectivity index is 2.88. The molecule has 0 aliphatic carbocycles. The van der Waals surface area contributed by atoms with Crippen LogP contribution in [-0.4, -0.2) is 30.3 Å². The minimum atomic E-state index is -1.15. The molecule has 24 heavy (non-hydrogen) atoms. The maximum absolute atomic E-state index is 12.3. The highest BCUT2D eigenvalue weighted by atomic mass is 16.2. The van der Waals surface area contributed by atoms with E-state index in [2.05, 4.69) is 16.7 Å². The van der Waals surface area contributed by atoms with Crippen molar-refractivity contribution < 1.29 is 14.4 Å². The first-order chi connectivity index (χ1) is 11.5. The summed E-state index contributed by atoms with van der Waals surface area (Å²) in [5, 5.41) is 5.48. The Kier molecular flexibility index (Phi) is 8.50. The van der Waals surface area contributed by atoms with E-state index in [1.54, 1.807) is 0 Å². The average molecular weight is 337 g/mol. The molecular formula is C18H31N3O3. The van der Waals surface area contributed by atoms with E-state index in [9.17, 15) is 14.4 Å². The van der Waals surface area contributed by atoms with Gasteiger partial charge in [0.15, 0.2) is 0 Å². The second kappa shape index (κ2) is 10.1. The lowest BCUT2D eigenvalue weighted by Gasteiger charge is -2.39. The van der Waals surface area contributed by atoms with Gasteiger partial charge in [-0.1, -0.05) is 31.9 Å². The van der Waals surface area contributed by atoms with Crippen molar-refractivity contribution >= 4 is 18.2 Å². The van der Waals surface area contributed by atoms with Gasteiger partial charge in [-0.25, -0.2) is 0 Å². The van der Waals surface area contributed by atoms with Crippen LogP contribution in [0.2, 0.25) is 0 Å². The monoisotopic (exact) mass is 337 g/mol. The van der Waals surface area contributed by atoms with Gasteiger partial charge >= 0.3 is 0 Å². The Bertz CT molecular complexity index is 464. The van der Waals surface area contributed by atoms with Gasteiger partial charge in [0.25, 0.3) is 0 Å². The maximum atomic E-state index is 12.3. The first-order valence-corrected chi connectivity index (χ1v) is 8.91. The van der Waals surface area contributed by atoms with Crippen molar-refractivity contribution in [2.24, 2.45) is 17.6 Å². The fourth-order valence-electron chi connectivity index (χ4n) is 3.67. The van der Waals surface area contributed by atoms with Crippen LogP contribution < -0.4 is 16.4 Å². The fraction of sp³-hybridized carbons (Fsp3) is 0.722. The molecule has 0 radical (unpaired) electrons. The van der Waals surface area contributed by atoms with Crippen LogP contribution in [0.25, 0.3) is 0 Å². The van der Waals surface area contributed by atoms with E-state index in [0.29, 0.717) is 19.4 Å². The van der Waals surface area contributed by atoms with Gasteiger partial charge in [0.1, 0.15) is 5.54 Å². The molecule has 2 unspecified atom stereocenters. The minimum Gasteiger partial charge on any atom is -0.368 e. The molecule has 1 fully saturated rings. The zero-order valence-corrected chi connectivity index (χ0v) is 14.8. The number of primary amides is 1. The molecule has 3 atom stereocenters. The second-order valence-electron chi connectivity index (χ2n) is 6.54. The quantitative estimate of drug-likeness (QED) is 0.287. The van der Waals surface area contributed by atoms with E-state index < -0.39 is 11.4 Å². The largest absolute Gasteiger partial charge is 0.368 e. The van der Waals surface area contributed by atoms with Crippen molar-refractivity contribution in [2.45, 2.75) is 64.3 Å². The third kappa shape index (κ3) is 5.08. The summed E-state index contributed by atoms with van der Waals surface area (Å²) in [7, 11) is 0. The van der Waals surface area contributed by atoms with Gasteiger partial charge in [0.05, 0.1) is 0 Å².